The molecule has 2 amide bonds. The molecule has 0 bridgehead atoms. The van der Waals surface area contributed by atoms with E-state index in [1.54, 1.807) is 18.7 Å². The van der Waals surface area contributed by atoms with Crippen LogP contribution in [0.4, 0.5) is 4.79 Å². The Morgan fingerprint density at radius 1 is 1.36 bits per heavy atom. The summed E-state index contributed by atoms with van der Waals surface area (Å²) in [6.45, 7) is 8.47. The summed E-state index contributed by atoms with van der Waals surface area (Å²) in [5, 5.41) is 3.03. The number of amides is 2. The second-order valence-corrected chi connectivity index (χ2v) is 6.22. The first-order valence-corrected chi connectivity index (χ1v) is 8.92. The Balaban J connectivity index is 1.59. The van der Waals surface area contributed by atoms with Crippen molar-refractivity contribution in [2.24, 2.45) is 0 Å². The number of aromatic nitrogens is 3. The third-order valence-electron chi connectivity index (χ3n) is 4.83. The quantitative estimate of drug-likeness (QED) is 0.871. The van der Waals surface area contributed by atoms with E-state index in [1.807, 2.05) is 27.8 Å². The second-order valence-electron chi connectivity index (χ2n) is 6.22. The van der Waals surface area contributed by atoms with Crippen LogP contribution in [0.5, 0.6) is 0 Å². The monoisotopic (exact) mass is 342 g/mol. The first-order chi connectivity index (χ1) is 12.2. The van der Waals surface area contributed by atoms with Gasteiger partial charge in [0.05, 0.1) is 0 Å². The number of hydrogen-bond acceptors (Lipinski definition) is 4. The Bertz CT molecular complexity index is 683. The van der Waals surface area contributed by atoms with Gasteiger partial charge in [0.2, 0.25) is 0 Å². The Morgan fingerprint density at radius 3 is 2.92 bits per heavy atom. The smallest absolute Gasteiger partial charge is 0.317 e. The summed E-state index contributed by atoms with van der Waals surface area (Å²) >= 11 is 0. The maximum absolute atomic E-state index is 12.5. The summed E-state index contributed by atoms with van der Waals surface area (Å²) in [6, 6.07) is 4.33. The minimum Gasteiger partial charge on any atom is -0.334 e. The number of hydrogen-bond donors (Lipinski definition) is 1. The standard InChI is InChI=1S/C18H26N6O/c1-3-22(4-2)16-7-10-23(13-16)18(25)21-12-15-6-5-8-20-17(15)24-11-9-19-14-24/h5-6,8-9,11,14,16H,3-4,7,10,12-13H2,1-2H3,(H,21,25). The highest BCUT2D eigenvalue weighted by atomic mass is 16.2. The molecule has 134 valence electrons. The molecule has 1 saturated heterocycles. The van der Waals surface area contributed by atoms with Crippen molar-refractivity contribution in [2.75, 3.05) is 26.2 Å². The number of carbonyl (C=O) groups is 1. The Kier molecular flexibility index (Phi) is 5.65. The SMILES string of the molecule is CCN(CC)C1CCN(C(=O)NCc2cccnc2-n2ccnc2)C1. The van der Waals surface area contributed by atoms with Crippen molar-refractivity contribution in [3.8, 4) is 5.82 Å². The maximum Gasteiger partial charge on any atom is 0.317 e. The molecule has 25 heavy (non-hydrogen) atoms. The van der Waals surface area contributed by atoms with Gasteiger partial charge in [-0.15, -0.1) is 0 Å². The molecule has 3 rings (SSSR count). The molecule has 2 aromatic heterocycles. The minimum atomic E-state index is -0.00455. The van der Waals surface area contributed by atoms with Gasteiger partial charge in [-0.1, -0.05) is 19.9 Å². The molecule has 3 heterocycles. The van der Waals surface area contributed by atoms with E-state index in [0.29, 0.717) is 12.6 Å². The summed E-state index contributed by atoms with van der Waals surface area (Å²) in [6.07, 6.45) is 8.07. The Labute approximate surface area is 148 Å². The van der Waals surface area contributed by atoms with Crippen LogP contribution in [0.1, 0.15) is 25.8 Å². The first-order valence-electron chi connectivity index (χ1n) is 8.92. The fourth-order valence-corrected chi connectivity index (χ4v) is 3.43. The molecule has 1 fully saturated rings. The normalized spacial score (nSPS) is 17.2. The third kappa shape index (κ3) is 3.99. The number of nitrogens with one attached hydrogen (secondary N) is 1. The Hall–Kier alpha value is -2.41. The highest BCUT2D eigenvalue weighted by Crippen LogP contribution is 2.16. The second kappa shape index (κ2) is 8.11. The van der Waals surface area contributed by atoms with Gasteiger partial charge in [-0.05, 0) is 25.6 Å². The van der Waals surface area contributed by atoms with Gasteiger partial charge in [0.1, 0.15) is 12.1 Å². The molecule has 0 aromatic carbocycles. The van der Waals surface area contributed by atoms with Gasteiger partial charge in [-0.3, -0.25) is 9.47 Å². The lowest BCUT2D eigenvalue weighted by Gasteiger charge is -2.26. The van der Waals surface area contributed by atoms with Crippen LogP contribution < -0.4 is 5.32 Å². The minimum absolute atomic E-state index is 0.00455. The van der Waals surface area contributed by atoms with Crippen molar-refractivity contribution in [3.63, 3.8) is 0 Å². The number of carbonyl (C=O) groups excluding carboxylic acids is 1. The van der Waals surface area contributed by atoms with Crippen LogP contribution in [0.3, 0.4) is 0 Å². The van der Waals surface area contributed by atoms with Crippen molar-refractivity contribution in [1.29, 1.82) is 0 Å². The number of pyridine rings is 1. The Morgan fingerprint density at radius 2 is 2.20 bits per heavy atom. The third-order valence-corrected chi connectivity index (χ3v) is 4.83. The molecule has 1 aliphatic heterocycles. The summed E-state index contributed by atoms with van der Waals surface area (Å²) < 4.78 is 1.85. The predicted octanol–water partition coefficient (Wildman–Crippen LogP) is 1.89. The van der Waals surface area contributed by atoms with Gasteiger partial charge < -0.3 is 10.2 Å². The van der Waals surface area contributed by atoms with Crippen LogP contribution in [0.2, 0.25) is 0 Å². The summed E-state index contributed by atoms with van der Waals surface area (Å²) in [7, 11) is 0. The molecular weight excluding hydrogens is 316 g/mol. The largest absolute Gasteiger partial charge is 0.334 e. The molecule has 1 atom stereocenters. The molecule has 1 aliphatic rings. The van der Waals surface area contributed by atoms with E-state index in [1.165, 1.54) is 0 Å². The van der Waals surface area contributed by atoms with E-state index in [0.717, 1.165) is 44.0 Å². The van der Waals surface area contributed by atoms with Crippen LogP contribution in [0.25, 0.3) is 5.82 Å². The van der Waals surface area contributed by atoms with Crippen molar-refractivity contribution >= 4 is 6.03 Å². The molecule has 1 N–H and O–H groups in total. The van der Waals surface area contributed by atoms with E-state index in [2.05, 4.69) is 34.0 Å². The fourth-order valence-electron chi connectivity index (χ4n) is 3.43. The van der Waals surface area contributed by atoms with Gasteiger partial charge in [-0.25, -0.2) is 14.8 Å². The average molecular weight is 342 g/mol. The van der Waals surface area contributed by atoms with Gasteiger partial charge in [0.25, 0.3) is 0 Å². The fraction of sp³-hybridized carbons (Fsp3) is 0.500. The molecular formula is C18H26N6O. The van der Waals surface area contributed by atoms with Crippen molar-refractivity contribution in [3.05, 3.63) is 42.6 Å². The van der Waals surface area contributed by atoms with Gasteiger partial charge in [-0.2, -0.15) is 0 Å². The number of nitrogens with zero attached hydrogens (tertiary/aromatic N) is 5. The number of likely N-dealkylation sites (N-methyl/N-ethyl adjacent to an activating group) is 1. The molecule has 0 saturated carbocycles. The number of imidazole rings is 1. The van der Waals surface area contributed by atoms with E-state index in [-0.39, 0.29) is 6.03 Å². The van der Waals surface area contributed by atoms with Gasteiger partial charge >= 0.3 is 6.03 Å². The topological polar surface area (TPSA) is 66.3 Å². The van der Waals surface area contributed by atoms with E-state index in [4.69, 9.17) is 0 Å². The molecule has 1 unspecified atom stereocenters. The van der Waals surface area contributed by atoms with Crippen LogP contribution >= 0.6 is 0 Å². The van der Waals surface area contributed by atoms with Crippen LogP contribution in [-0.4, -0.2) is 62.6 Å². The van der Waals surface area contributed by atoms with Crippen LogP contribution in [0.15, 0.2) is 37.1 Å². The zero-order valence-corrected chi connectivity index (χ0v) is 14.9. The van der Waals surface area contributed by atoms with Gasteiger partial charge in [0, 0.05) is 49.8 Å². The zero-order valence-electron chi connectivity index (χ0n) is 14.9. The van der Waals surface area contributed by atoms with Crippen molar-refractivity contribution < 1.29 is 4.79 Å². The maximum atomic E-state index is 12.5. The first kappa shape index (κ1) is 17.4. The summed E-state index contributed by atoms with van der Waals surface area (Å²) in [5.74, 6) is 0.794. The molecule has 7 nitrogen and oxygen atoms in total. The molecule has 0 radical (unpaired) electrons. The lowest BCUT2D eigenvalue weighted by atomic mass is 10.2. The predicted molar refractivity (Wildman–Crippen MR) is 96.5 cm³/mol. The zero-order chi connectivity index (χ0) is 17.6. The summed E-state index contributed by atoms with van der Waals surface area (Å²) in [4.78, 5) is 25.3. The van der Waals surface area contributed by atoms with Crippen molar-refractivity contribution in [1.82, 2.24) is 29.7 Å². The van der Waals surface area contributed by atoms with E-state index in [9.17, 15) is 4.79 Å². The highest BCUT2D eigenvalue weighted by molar-refractivity contribution is 5.74. The van der Waals surface area contributed by atoms with Crippen molar-refractivity contribution in [2.45, 2.75) is 32.9 Å². The van der Waals surface area contributed by atoms with Crippen LogP contribution in [-0.2, 0) is 6.54 Å². The van der Waals surface area contributed by atoms with E-state index < -0.39 is 0 Å². The lowest BCUT2D eigenvalue weighted by Crippen LogP contribution is -2.42. The highest BCUT2D eigenvalue weighted by Gasteiger charge is 2.29. The van der Waals surface area contributed by atoms with E-state index >= 15 is 0 Å². The molecule has 0 aliphatic carbocycles. The lowest BCUT2D eigenvalue weighted by molar-refractivity contribution is 0.192. The molecule has 0 spiro atoms. The number of urea groups is 1. The molecule has 2 aromatic rings. The van der Waals surface area contributed by atoms with Crippen LogP contribution in [0, 0.1) is 0 Å². The van der Waals surface area contributed by atoms with Gasteiger partial charge in [0.15, 0.2) is 0 Å². The molecule has 7 heteroatoms. The summed E-state index contributed by atoms with van der Waals surface area (Å²) in [5.41, 5.74) is 0.966. The average Bonchev–Trinajstić information content (AvgIpc) is 3.33. The number of rotatable bonds is 6. The number of likely N-dealkylation sites (tertiary alicyclic amines) is 1.